The van der Waals surface area contributed by atoms with Gasteiger partial charge in [-0.2, -0.15) is 0 Å². The second-order valence-electron chi connectivity index (χ2n) is 5.23. The highest BCUT2D eigenvalue weighted by atomic mass is 79.9. The normalized spacial score (nSPS) is 28.2. The molecule has 0 bridgehead atoms. The fourth-order valence-corrected chi connectivity index (χ4v) is 3.02. The first-order valence-electron chi connectivity index (χ1n) is 6.44. The van der Waals surface area contributed by atoms with E-state index in [-0.39, 0.29) is 0 Å². The van der Waals surface area contributed by atoms with Crippen molar-refractivity contribution in [3.63, 3.8) is 0 Å². The van der Waals surface area contributed by atoms with E-state index in [0.717, 1.165) is 10.5 Å². The van der Waals surface area contributed by atoms with Crippen LogP contribution >= 0.6 is 15.9 Å². The molecule has 0 radical (unpaired) electrons. The Labute approximate surface area is 112 Å². The number of likely N-dealkylation sites (tertiary alicyclic amines) is 1. The fraction of sp³-hybridized carbons (Fsp3) is 0.467. The van der Waals surface area contributed by atoms with Crippen molar-refractivity contribution in [2.24, 2.45) is 0 Å². The van der Waals surface area contributed by atoms with Gasteiger partial charge < -0.3 is 0 Å². The molecule has 1 heterocycles. The van der Waals surface area contributed by atoms with E-state index in [1.54, 1.807) is 5.57 Å². The van der Waals surface area contributed by atoms with Crippen LogP contribution in [-0.4, -0.2) is 24.0 Å². The van der Waals surface area contributed by atoms with Crippen molar-refractivity contribution in [2.75, 3.05) is 13.1 Å². The van der Waals surface area contributed by atoms with Crippen LogP contribution in [0.1, 0.15) is 31.2 Å². The third-order valence-corrected chi connectivity index (χ3v) is 4.51. The zero-order chi connectivity index (χ0) is 11.8. The Balaban J connectivity index is 1.59. The van der Waals surface area contributed by atoms with E-state index in [1.165, 1.54) is 31.5 Å². The van der Waals surface area contributed by atoms with Crippen LogP contribution < -0.4 is 0 Å². The maximum Gasteiger partial charge on any atom is 0.0244 e. The Morgan fingerprint density at radius 3 is 2.71 bits per heavy atom. The Hall–Kier alpha value is -0.600. The van der Waals surface area contributed by atoms with Crippen molar-refractivity contribution in [1.82, 2.24) is 4.90 Å². The molecule has 2 heteroatoms. The van der Waals surface area contributed by atoms with E-state index in [0.29, 0.717) is 5.92 Å². The van der Waals surface area contributed by atoms with E-state index >= 15 is 0 Å². The molecule has 0 N–H and O–H groups in total. The van der Waals surface area contributed by atoms with Crippen LogP contribution in [0.3, 0.4) is 0 Å². The summed E-state index contributed by atoms with van der Waals surface area (Å²) in [4.78, 5) is 2.62. The van der Waals surface area contributed by atoms with Gasteiger partial charge in [0.25, 0.3) is 0 Å². The first-order valence-corrected chi connectivity index (χ1v) is 7.23. The summed E-state index contributed by atoms with van der Waals surface area (Å²) in [5, 5.41) is 0. The lowest BCUT2D eigenvalue weighted by Crippen LogP contribution is -2.27. The Bertz CT molecular complexity index is 435. The van der Waals surface area contributed by atoms with Crippen LogP contribution in [-0.2, 0) is 0 Å². The summed E-state index contributed by atoms with van der Waals surface area (Å²) in [5.74, 6) is 0.621. The van der Waals surface area contributed by atoms with Crippen molar-refractivity contribution >= 4 is 15.9 Å². The topological polar surface area (TPSA) is 3.24 Å². The maximum absolute atomic E-state index is 3.48. The van der Waals surface area contributed by atoms with Gasteiger partial charge in [0.15, 0.2) is 0 Å². The molecule has 2 atom stereocenters. The molecule has 2 unspecified atom stereocenters. The summed E-state index contributed by atoms with van der Waals surface area (Å²) in [6.07, 6.45) is 5.15. The quantitative estimate of drug-likeness (QED) is 0.762. The molecule has 2 aliphatic rings. The van der Waals surface area contributed by atoms with E-state index in [1.807, 2.05) is 0 Å². The smallest absolute Gasteiger partial charge is 0.0244 e. The molecule has 1 nitrogen and oxygen atoms in total. The van der Waals surface area contributed by atoms with Gasteiger partial charge in [0.1, 0.15) is 0 Å². The molecular weight excluding hydrogens is 274 g/mol. The maximum atomic E-state index is 3.48. The van der Waals surface area contributed by atoms with Gasteiger partial charge in [-0.05, 0) is 49.6 Å². The summed E-state index contributed by atoms with van der Waals surface area (Å²) < 4.78 is 1.16. The van der Waals surface area contributed by atoms with Crippen molar-refractivity contribution in [3.05, 3.63) is 46.0 Å². The molecule has 0 aromatic heterocycles. The van der Waals surface area contributed by atoms with Gasteiger partial charge in [-0.1, -0.05) is 34.1 Å². The van der Waals surface area contributed by atoms with Crippen LogP contribution in [0.2, 0.25) is 0 Å². The first-order chi connectivity index (χ1) is 8.24. The predicted molar refractivity (Wildman–Crippen MR) is 75.2 cm³/mol. The highest BCUT2D eigenvalue weighted by Gasteiger charge is 2.30. The Morgan fingerprint density at radius 1 is 1.29 bits per heavy atom. The Morgan fingerprint density at radius 2 is 2.06 bits per heavy atom. The summed E-state index contributed by atoms with van der Waals surface area (Å²) in [7, 11) is 0. The molecule has 3 rings (SSSR count). The molecule has 90 valence electrons. The molecule has 1 aromatic carbocycles. The second kappa shape index (κ2) is 4.58. The van der Waals surface area contributed by atoms with Gasteiger partial charge in [0.2, 0.25) is 0 Å². The molecule has 0 amide bonds. The molecule has 17 heavy (non-hydrogen) atoms. The van der Waals surface area contributed by atoms with Gasteiger partial charge >= 0.3 is 0 Å². The second-order valence-corrected chi connectivity index (χ2v) is 6.15. The number of rotatable bonds is 3. The zero-order valence-electron chi connectivity index (χ0n) is 10.2. The third-order valence-electron chi connectivity index (χ3n) is 3.98. The standard InChI is InChI=1S/C15H18BrN/c1-11-3-2-8-17(11)10-13-9-15(13)12-4-6-14(16)7-5-12/h4-7,9,11,15H,2-3,8,10H2,1H3. The monoisotopic (exact) mass is 291 g/mol. The van der Waals surface area contributed by atoms with Crippen molar-refractivity contribution < 1.29 is 0 Å². The largest absolute Gasteiger partial charge is 0.297 e. The average molecular weight is 292 g/mol. The van der Waals surface area contributed by atoms with Gasteiger partial charge in [-0.3, -0.25) is 4.90 Å². The predicted octanol–water partition coefficient (Wildman–Crippen LogP) is 3.96. The molecule has 1 saturated heterocycles. The van der Waals surface area contributed by atoms with Crippen LogP contribution in [0.15, 0.2) is 40.4 Å². The fourth-order valence-electron chi connectivity index (χ4n) is 2.76. The Kier molecular flexibility index (Phi) is 3.10. The van der Waals surface area contributed by atoms with Crippen LogP contribution in [0.25, 0.3) is 0 Å². The molecule has 0 spiro atoms. The molecule has 0 saturated carbocycles. The lowest BCUT2D eigenvalue weighted by Gasteiger charge is -2.19. The zero-order valence-corrected chi connectivity index (χ0v) is 11.8. The van der Waals surface area contributed by atoms with Crippen LogP contribution in [0.5, 0.6) is 0 Å². The number of hydrogen-bond acceptors (Lipinski definition) is 1. The highest BCUT2D eigenvalue weighted by Crippen LogP contribution is 2.40. The summed E-state index contributed by atoms with van der Waals surface area (Å²) in [6.45, 7) is 4.82. The number of nitrogens with zero attached hydrogens (tertiary/aromatic N) is 1. The minimum absolute atomic E-state index is 0.621. The van der Waals surface area contributed by atoms with Crippen molar-refractivity contribution in [1.29, 1.82) is 0 Å². The van der Waals surface area contributed by atoms with E-state index < -0.39 is 0 Å². The van der Waals surface area contributed by atoms with E-state index in [9.17, 15) is 0 Å². The average Bonchev–Trinajstić information content (AvgIpc) is 2.97. The van der Waals surface area contributed by atoms with Crippen LogP contribution in [0.4, 0.5) is 0 Å². The molecule has 1 aliphatic heterocycles. The number of hydrogen-bond donors (Lipinski definition) is 0. The van der Waals surface area contributed by atoms with E-state index in [2.05, 4.69) is 58.1 Å². The first kappa shape index (κ1) is 11.5. The summed E-state index contributed by atoms with van der Waals surface area (Å²) in [5.41, 5.74) is 3.05. The SMILES string of the molecule is CC1CCCN1CC1=CC1c1ccc(Br)cc1. The van der Waals surface area contributed by atoms with Gasteiger partial charge in [0, 0.05) is 23.0 Å². The van der Waals surface area contributed by atoms with Gasteiger partial charge in [0.05, 0.1) is 0 Å². The lowest BCUT2D eigenvalue weighted by atomic mass is 10.1. The van der Waals surface area contributed by atoms with Crippen molar-refractivity contribution in [3.8, 4) is 0 Å². The number of allylic oxidation sites excluding steroid dienone is 1. The van der Waals surface area contributed by atoms with Gasteiger partial charge in [-0.15, -0.1) is 0 Å². The highest BCUT2D eigenvalue weighted by molar-refractivity contribution is 9.10. The van der Waals surface area contributed by atoms with Crippen LogP contribution in [0, 0.1) is 0 Å². The van der Waals surface area contributed by atoms with E-state index in [4.69, 9.17) is 0 Å². The summed E-state index contributed by atoms with van der Waals surface area (Å²) in [6, 6.07) is 9.51. The number of halogens is 1. The summed E-state index contributed by atoms with van der Waals surface area (Å²) >= 11 is 3.48. The molecule has 1 fully saturated rings. The molecule has 1 aromatic rings. The number of benzene rings is 1. The minimum Gasteiger partial charge on any atom is -0.297 e. The lowest BCUT2D eigenvalue weighted by molar-refractivity contribution is 0.293. The molecular formula is C15H18BrN. The van der Waals surface area contributed by atoms with Crippen molar-refractivity contribution in [2.45, 2.75) is 31.7 Å². The molecule has 1 aliphatic carbocycles. The minimum atomic E-state index is 0.621. The van der Waals surface area contributed by atoms with Gasteiger partial charge in [-0.25, -0.2) is 0 Å². The third kappa shape index (κ3) is 2.48.